The van der Waals surface area contributed by atoms with Crippen molar-refractivity contribution in [1.82, 2.24) is 5.32 Å². The average Bonchev–Trinajstić information content (AvgIpc) is 2.99. The fourth-order valence-corrected chi connectivity index (χ4v) is 2.47. The standard InChI is InChI=1S/C16H15N3OS/c1-2-9-18-16(20)12-3-5-13(6-4-12)19-11-15-8-7-14(10-17)21-15/h2-8,19H,1,9,11H2,(H,18,20). The summed E-state index contributed by atoms with van der Waals surface area (Å²) >= 11 is 1.47. The largest absolute Gasteiger partial charge is 0.380 e. The Kier molecular flexibility index (Phi) is 5.13. The molecular formula is C16H15N3OS. The molecule has 1 aromatic heterocycles. The van der Waals surface area contributed by atoms with Gasteiger partial charge in [-0.1, -0.05) is 6.08 Å². The summed E-state index contributed by atoms with van der Waals surface area (Å²) in [5, 5.41) is 14.8. The van der Waals surface area contributed by atoms with E-state index in [0.717, 1.165) is 10.6 Å². The molecule has 0 aliphatic carbocycles. The molecule has 5 heteroatoms. The molecule has 0 atom stereocenters. The highest BCUT2D eigenvalue weighted by molar-refractivity contribution is 7.12. The lowest BCUT2D eigenvalue weighted by atomic mass is 10.2. The summed E-state index contributed by atoms with van der Waals surface area (Å²) in [7, 11) is 0. The van der Waals surface area contributed by atoms with Crippen molar-refractivity contribution in [2.75, 3.05) is 11.9 Å². The van der Waals surface area contributed by atoms with Gasteiger partial charge in [-0.15, -0.1) is 17.9 Å². The van der Waals surface area contributed by atoms with Gasteiger partial charge in [0.2, 0.25) is 0 Å². The lowest BCUT2D eigenvalue weighted by Gasteiger charge is -2.06. The lowest BCUT2D eigenvalue weighted by molar-refractivity contribution is 0.0958. The number of nitrogens with zero attached hydrogens (tertiary/aromatic N) is 1. The molecule has 106 valence electrons. The number of carbonyl (C=O) groups is 1. The Hall–Kier alpha value is -2.58. The number of nitrogens with one attached hydrogen (secondary N) is 2. The van der Waals surface area contributed by atoms with Crippen LogP contribution in [0.5, 0.6) is 0 Å². The number of anilines is 1. The summed E-state index contributed by atoms with van der Waals surface area (Å²) in [4.78, 5) is 13.5. The van der Waals surface area contributed by atoms with Gasteiger partial charge in [-0.2, -0.15) is 5.26 Å². The first kappa shape index (κ1) is 14.8. The van der Waals surface area contributed by atoms with Crippen LogP contribution in [0.2, 0.25) is 0 Å². The number of nitriles is 1. The summed E-state index contributed by atoms with van der Waals surface area (Å²) in [6.45, 7) is 4.68. The van der Waals surface area contributed by atoms with Gasteiger partial charge in [-0.05, 0) is 36.4 Å². The maximum absolute atomic E-state index is 11.7. The second-order valence-corrected chi connectivity index (χ2v) is 5.48. The maximum atomic E-state index is 11.7. The third-order valence-electron chi connectivity index (χ3n) is 2.79. The number of rotatable bonds is 6. The first-order chi connectivity index (χ1) is 10.2. The van der Waals surface area contributed by atoms with Crippen molar-refractivity contribution in [1.29, 1.82) is 5.26 Å². The second-order valence-electron chi connectivity index (χ2n) is 4.31. The van der Waals surface area contributed by atoms with Gasteiger partial charge in [0.25, 0.3) is 5.91 Å². The first-order valence-corrected chi connectivity index (χ1v) is 7.26. The summed E-state index contributed by atoms with van der Waals surface area (Å²) in [5.41, 5.74) is 1.55. The molecule has 1 amide bonds. The second kappa shape index (κ2) is 7.27. The smallest absolute Gasteiger partial charge is 0.251 e. The highest BCUT2D eigenvalue weighted by Crippen LogP contribution is 2.17. The van der Waals surface area contributed by atoms with Gasteiger partial charge in [0.15, 0.2) is 0 Å². The Balaban J connectivity index is 1.91. The van der Waals surface area contributed by atoms with Gasteiger partial charge >= 0.3 is 0 Å². The summed E-state index contributed by atoms with van der Waals surface area (Å²) in [6, 6.07) is 13.1. The molecule has 0 saturated heterocycles. The Morgan fingerprint density at radius 2 is 2.05 bits per heavy atom. The molecule has 0 aliphatic rings. The van der Waals surface area contributed by atoms with E-state index in [1.54, 1.807) is 18.2 Å². The Labute approximate surface area is 127 Å². The molecule has 4 nitrogen and oxygen atoms in total. The Morgan fingerprint density at radius 3 is 2.67 bits per heavy atom. The molecule has 0 unspecified atom stereocenters. The average molecular weight is 297 g/mol. The number of hydrogen-bond donors (Lipinski definition) is 2. The van der Waals surface area contributed by atoms with Crippen LogP contribution in [0.4, 0.5) is 5.69 Å². The van der Waals surface area contributed by atoms with Gasteiger partial charge in [0, 0.05) is 29.2 Å². The molecule has 0 saturated carbocycles. The number of hydrogen-bond acceptors (Lipinski definition) is 4. The topological polar surface area (TPSA) is 64.9 Å². The van der Waals surface area contributed by atoms with Crippen molar-refractivity contribution < 1.29 is 4.79 Å². The summed E-state index contributed by atoms with van der Waals surface area (Å²) < 4.78 is 0. The van der Waals surface area contributed by atoms with E-state index in [-0.39, 0.29) is 5.91 Å². The van der Waals surface area contributed by atoms with Crippen LogP contribution in [0.1, 0.15) is 20.1 Å². The zero-order valence-electron chi connectivity index (χ0n) is 11.4. The predicted molar refractivity (Wildman–Crippen MR) is 85.3 cm³/mol. The van der Waals surface area contributed by atoms with E-state index in [1.807, 2.05) is 24.3 Å². The van der Waals surface area contributed by atoms with Crippen LogP contribution >= 0.6 is 11.3 Å². The van der Waals surface area contributed by atoms with Gasteiger partial charge in [0.05, 0.1) is 0 Å². The molecule has 0 radical (unpaired) electrons. The van der Waals surface area contributed by atoms with Crippen molar-refractivity contribution in [3.8, 4) is 6.07 Å². The minimum atomic E-state index is -0.113. The van der Waals surface area contributed by atoms with Crippen LogP contribution in [0.3, 0.4) is 0 Å². The third kappa shape index (κ3) is 4.20. The monoisotopic (exact) mass is 297 g/mol. The van der Waals surface area contributed by atoms with Crippen LogP contribution < -0.4 is 10.6 Å². The quantitative estimate of drug-likeness (QED) is 0.805. The van der Waals surface area contributed by atoms with Crippen molar-refractivity contribution in [2.24, 2.45) is 0 Å². The van der Waals surface area contributed by atoms with Crippen LogP contribution in [0.15, 0.2) is 49.1 Å². The Morgan fingerprint density at radius 1 is 1.29 bits per heavy atom. The molecule has 0 bridgehead atoms. The molecule has 2 rings (SSSR count). The first-order valence-electron chi connectivity index (χ1n) is 6.45. The normalized spacial score (nSPS) is 9.67. The highest BCUT2D eigenvalue weighted by Gasteiger charge is 2.04. The van der Waals surface area contributed by atoms with E-state index >= 15 is 0 Å². The summed E-state index contributed by atoms with van der Waals surface area (Å²) in [5.74, 6) is -0.113. The molecule has 1 heterocycles. The van der Waals surface area contributed by atoms with Gasteiger partial charge in [0.1, 0.15) is 10.9 Å². The minimum absolute atomic E-state index is 0.113. The number of thiophene rings is 1. The SMILES string of the molecule is C=CCNC(=O)c1ccc(NCc2ccc(C#N)s2)cc1. The van der Waals surface area contributed by atoms with E-state index in [2.05, 4.69) is 23.3 Å². The van der Waals surface area contributed by atoms with Crippen LogP contribution in [0, 0.1) is 11.3 Å². The van der Waals surface area contributed by atoms with E-state index < -0.39 is 0 Å². The number of benzene rings is 1. The molecule has 0 fully saturated rings. The van der Waals surface area contributed by atoms with Crippen molar-refractivity contribution >= 4 is 22.9 Å². The van der Waals surface area contributed by atoms with Crippen LogP contribution in [-0.2, 0) is 6.54 Å². The van der Waals surface area contributed by atoms with Crippen molar-refractivity contribution in [2.45, 2.75) is 6.54 Å². The molecular weight excluding hydrogens is 282 g/mol. The Bertz CT molecular complexity index is 668. The molecule has 1 aromatic carbocycles. The zero-order chi connectivity index (χ0) is 15.1. The van der Waals surface area contributed by atoms with Crippen LogP contribution in [0.25, 0.3) is 0 Å². The highest BCUT2D eigenvalue weighted by atomic mass is 32.1. The molecule has 0 aliphatic heterocycles. The molecule has 2 aromatic rings. The third-order valence-corrected chi connectivity index (χ3v) is 3.78. The van der Waals surface area contributed by atoms with E-state index in [1.165, 1.54) is 11.3 Å². The fraction of sp³-hybridized carbons (Fsp3) is 0.125. The van der Waals surface area contributed by atoms with Crippen molar-refractivity contribution in [3.05, 3.63) is 64.4 Å². The minimum Gasteiger partial charge on any atom is -0.380 e. The van der Waals surface area contributed by atoms with Gasteiger partial charge in [-0.25, -0.2) is 0 Å². The van der Waals surface area contributed by atoms with E-state index in [9.17, 15) is 4.79 Å². The molecule has 21 heavy (non-hydrogen) atoms. The summed E-state index contributed by atoms with van der Waals surface area (Å²) in [6.07, 6.45) is 1.64. The van der Waals surface area contributed by atoms with Crippen LogP contribution in [-0.4, -0.2) is 12.5 Å². The van der Waals surface area contributed by atoms with E-state index in [4.69, 9.17) is 5.26 Å². The van der Waals surface area contributed by atoms with Gasteiger partial charge < -0.3 is 10.6 Å². The zero-order valence-corrected chi connectivity index (χ0v) is 12.2. The molecule has 2 N–H and O–H groups in total. The van der Waals surface area contributed by atoms with Gasteiger partial charge in [-0.3, -0.25) is 4.79 Å². The maximum Gasteiger partial charge on any atom is 0.251 e. The fourth-order valence-electron chi connectivity index (χ4n) is 1.73. The van der Waals surface area contributed by atoms with Crippen molar-refractivity contribution in [3.63, 3.8) is 0 Å². The number of carbonyl (C=O) groups excluding carboxylic acids is 1. The van der Waals surface area contributed by atoms with E-state index in [0.29, 0.717) is 23.5 Å². The lowest BCUT2D eigenvalue weighted by Crippen LogP contribution is -2.23. The predicted octanol–water partition coefficient (Wildman–Crippen LogP) is 3.15. The number of amides is 1. The molecule has 0 spiro atoms.